The van der Waals surface area contributed by atoms with Gasteiger partial charge < -0.3 is 9.47 Å². The average molecular weight is 341 g/mol. The number of imide groups is 1. The van der Waals surface area contributed by atoms with Gasteiger partial charge in [-0.05, 0) is 23.3 Å². The van der Waals surface area contributed by atoms with E-state index in [1.165, 1.54) is 0 Å². The minimum atomic E-state index is -0.649. The number of amides is 2. The van der Waals surface area contributed by atoms with Crippen LogP contribution >= 0.6 is 0 Å². The molecule has 0 unspecified atom stereocenters. The minimum absolute atomic E-state index is 0.0369. The van der Waals surface area contributed by atoms with Crippen LogP contribution in [0.2, 0.25) is 0 Å². The van der Waals surface area contributed by atoms with E-state index in [4.69, 9.17) is 9.47 Å². The molecule has 25 heavy (non-hydrogen) atoms. The lowest BCUT2D eigenvalue weighted by Gasteiger charge is -2.06. The SMILES string of the molecule is COc1ccc(CC(=O)OCC(=O)NC(=O)Cc2ccccc2)cc1. The molecule has 0 radical (unpaired) electrons. The van der Waals surface area contributed by atoms with Gasteiger partial charge in [0.2, 0.25) is 5.91 Å². The summed E-state index contributed by atoms with van der Waals surface area (Å²) in [6.07, 6.45) is 0.127. The highest BCUT2D eigenvalue weighted by molar-refractivity contribution is 5.97. The molecule has 2 amide bonds. The molecule has 0 spiro atoms. The molecule has 0 aliphatic carbocycles. The lowest BCUT2D eigenvalue weighted by Crippen LogP contribution is -2.35. The van der Waals surface area contributed by atoms with Crippen molar-refractivity contribution in [1.82, 2.24) is 5.32 Å². The first-order chi connectivity index (χ1) is 12.1. The number of hydrogen-bond donors (Lipinski definition) is 1. The van der Waals surface area contributed by atoms with Crippen molar-refractivity contribution in [1.29, 1.82) is 0 Å². The molecule has 0 fully saturated rings. The van der Waals surface area contributed by atoms with Gasteiger partial charge in [0.15, 0.2) is 6.61 Å². The first kappa shape index (κ1) is 18.2. The largest absolute Gasteiger partial charge is 0.497 e. The number of ether oxygens (including phenoxy) is 2. The third-order valence-electron chi connectivity index (χ3n) is 3.36. The van der Waals surface area contributed by atoms with Gasteiger partial charge in [-0.25, -0.2) is 0 Å². The van der Waals surface area contributed by atoms with Crippen LogP contribution in [-0.2, 0) is 32.0 Å². The third kappa shape index (κ3) is 6.47. The van der Waals surface area contributed by atoms with Crippen molar-refractivity contribution < 1.29 is 23.9 Å². The Labute approximate surface area is 145 Å². The van der Waals surface area contributed by atoms with Crippen LogP contribution in [0.5, 0.6) is 5.75 Å². The van der Waals surface area contributed by atoms with Crippen molar-refractivity contribution in [2.45, 2.75) is 12.8 Å². The van der Waals surface area contributed by atoms with Crippen LogP contribution < -0.4 is 10.1 Å². The Morgan fingerprint density at radius 2 is 1.48 bits per heavy atom. The van der Waals surface area contributed by atoms with Gasteiger partial charge >= 0.3 is 5.97 Å². The van der Waals surface area contributed by atoms with Crippen molar-refractivity contribution >= 4 is 17.8 Å². The van der Waals surface area contributed by atoms with E-state index in [-0.39, 0.29) is 12.8 Å². The van der Waals surface area contributed by atoms with E-state index < -0.39 is 24.4 Å². The Morgan fingerprint density at radius 3 is 2.12 bits per heavy atom. The summed E-state index contributed by atoms with van der Waals surface area (Å²) in [6, 6.07) is 16.0. The van der Waals surface area contributed by atoms with Crippen LogP contribution in [0.4, 0.5) is 0 Å². The molecule has 0 saturated carbocycles. The summed E-state index contributed by atoms with van der Waals surface area (Å²) in [4.78, 5) is 35.1. The van der Waals surface area contributed by atoms with E-state index in [1.54, 1.807) is 43.5 Å². The maximum Gasteiger partial charge on any atom is 0.310 e. The second kappa shape index (κ2) is 9.22. The molecule has 6 heteroatoms. The number of hydrogen-bond acceptors (Lipinski definition) is 5. The summed E-state index contributed by atoms with van der Waals surface area (Å²) in [7, 11) is 1.56. The average Bonchev–Trinajstić information content (AvgIpc) is 2.61. The molecule has 2 rings (SSSR count). The minimum Gasteiger partial charge on any atom is -0.497 e. The van der Waals surface area contributed by atoms with Crippen molar-refractivity contribution in [2.75, 3.05) is 13.7 Å². The number of esters is 1. The van der Waals surface area contributed by atoms with Crippen molar-refractivity contribution in [3.05, 3.63) is 65.7 Å². The fraction of sp³-hybridized carbons (Fsp3) is 0.211. The molecular weight excluding hydrogens is 322 g/mol. The number of nitrogens with one attached hydrogen (secondary N) is 1. The van der Waals surface area contributed by atoms with Crippen LogP contribution in [0, 0.1) is 0 Å². The van der Waals surface area contributed by atoms with Gasteiger partial charge in [0.05, 0.1) is 20.0 Å². The van der Waals surface area contributed by atoms with E-state index in [9.17, 15) is 14.4 Å². The summed E-state index contributed by atoms with van der Waals surface area (Å²) in [6.45, 7) is -0.491. The first-order valence-electron chi connectivity index (χ1n) is 7.72. The lowest BCUT2D eigenvalue weighted by atomic mass is 10.1. The van der Waals surface area contributed by atoms with Gasteiger partial charge in [-0.3, -0.25) is 19.7 Å². The number of rotatable bonds is 7. The van der Waals surface area contributed by atoms with Gasteiger partial charge in [-0.15, -0.1) is 0 Å². The van der Waals surface area contributed by atoms with Crippen LogP contribution in [0.3, 0.4) is 0 Å². The second-order valence-corrected chi connectivity index (χ2v) is 5.32. The Hall–Kier alpha value is -3.15. The second-order valence-electron chi connectivity index (χ2n) is 5.32. The molecule has 6 nitrogen and oxygen atoms in total. The topological polar surface area (TPSA) is 81.7 Å². The standard InChI is InChI=1S/C19H19NO5/c1-24-16-9-7-15(8-10-16)12-19(23)25-13-18(22)20-17(21)11-14-5-3-2-4-6-14/h2-10H,11-13H2,1H3,(H,20,21,22). The molecule has 0 heterocycles. The number of carbonyl (C=O) groups is 3. The molecular formula is C19H19NO5. The molecule has 0 saturated heterocycles. The molecule has 0 bridgehead atoms. The van der Waals surface area contributed by atoms with Crippen molar-refractivity contribution in [3.63, 3.8) is 0 Å². The molecule has 0 aliphatic heterocycles. The maximum absolute atomic E-state index is 11.7. The normalized spacial score (nSPS) is 9.96. The quantitative estimate of drug-likeness (QED) is 0.775. The molecule has 130 valence electrons. The predicted molar refractivity (Wildman–Crippen MR) is 91.0 cm³/mol. The zero-order chi connectivity index (χ0) is 18.1. The summed E-state index contributed by atoms with van der Waals surface area (Å²) < 4.78 is 9.91. The van der Waals surface area contributed by atoms with Gasteiger partial charge in [0.25, 0.3) is 5.91 Å². The Bertz CT molecular complexity index is 725. The zero-order valence-electron chi connectivity index (χ0n) is 13.9. The molecule has 2 aromatic rings. The highest BCUT2D eigenvalue weighted by atomic mass is 16.5. The van der Waals surface area contributed by atoms with E-state index in [0.717, 1.165) is 11.1 Å². The van der Waals surface area contributed by atoms with Gasteiger partial charge in [-0.2, -0.15) is 0 Å². The van der Waals surface area contributed by atoms with Crippen LogP contribution in [0.25, 0.3) is 0 Å². The monoisotopic (exact) mass is 341 g/mol. The third-order valence-corrected chi connectivity index (χ3v) is 3.36. The van der Waals surface area contributed by atoms with Crippen LogP contribution in [0.15, 0.2) is 54.6 Å². The number of benzene rings is 2. The molecule has 0 aromatic heterocycles. The smallest absolute Gasteiger partial charge is 0.310 e. The highest BCUT2D eigenvalue weighted by Crippen LogP contribution is 2.11. The van der Waals surface area contributed by atoms with Crippen LogP contribution in [-0.4, -0.2) is 31.5 Å². The Balaban J connectivity index is 1.71. The first-order valence-corrected chi connectivity index (χ1v) is 7.72. The van der Waals surface area contributed by atoms with E-state index >= 15 is 0 Å². The molecule has 1 N–H and O–H groups in total. The summed E-state index contributed by atoms with van der Waals surface area (Å²) in [5, 5.41) is 2.19. The van der Waals surface area contributed by atoms with Crippen molar-refractivity contribution in [2.24, 2.45) is 0 Å². The highest BCUT2D eigenvalue weighted by Gasteiger charge is 2.12. The van der Waals surface area contributed by atoms with Gasteiger partial charge in [-0.1, -0.05) is 42.5 Å². The Morgan fingerprint density at radius 1 is 0.840 bits per heavy atom. The maximum atomic E-state index is 11.7. The lowest BCUT2D eigenvalue weighted by molar-refractivity contribution is -0.149. The van der Waals surface area contributed by atoms with Gasteiger partial charge in [0.1, 0.15) is 5.75 Å². The number of carbonyl (C=O) groups excluding carboxylic acids is 3. The number of methoxy groups -OCH3 is 1. The molecule has 0 aliphatic rings. The molecule has 0 atom stereocenters. The van der Waals surface area contributed by atoms with E-state index in [2.05, 4.69) is 5.32 Å². The fourth-order valence-electron chi connectivity index (χ4n) is 2.12. The Kier molecular flexibility index (Phi) is 6.71. The summed E-state index contributed by atoms with van der Waals surface area (Å²) in [5.74, 6) is -0.948. The fourth-order valence-corrected chi connectivity index (χ4v) is 2.12. The van der Waals surface area contributed by atoms with Crippen LogP contribution in [0.1, 0.15) is 11.1 Å². The molecule has 2 aromatic carbocycles. The van der Waals surface area contributed by atoms with Gasteiger partial charge in [0, 0.05) is 0 Å². The van der Waals surface area contributed by atoms with E-state index in [1.807, 2.05) is 18.2 Å². The van der Waals surface area contributed by atoms with E-state index in [0.29, 0.717) is 5.75 Å². The summed E-state index contributed by atoms with van der Waals surface area (Å²) >= 11 is 0. The zero-order valence-corrected chi connectivity index (χ0v) is 13.9. The summed E-state index contributed by atoms with van der Waals surface area (Å²) in [5.41, 5.74) is 1.54. The predicted octanol–water partition coefficient (Wildman–Crippen LogP) is 1.67. The van der Waals surface area contributed by atoms with Crippen molar-refractivity contribution in [3.8, 4) is 5.75 Å².